The highest BCUT2D eigenvalue weighted by atomic mass is 35.5. The second-order valence-corrected chi connectivity index (χ2v) is 7.37. The largest absolute Gasteiger partial charge is 0.368 e. The first-order valence-corrected chi connectivity index (χ1v) is 9.44. The van der Waals surface area contributed by atoms with Crippen molar-refractivity contribution in [2.24, 2.45) is 0 Å². The van der Waals surface area contributed by atoms with E-state index in [-0.39, 0.29) is 30.4 Å². The van der Waals surface area contributed by atoms with Gasteiger partial charge in [-0.1, -0.05) is 24.6 Å². The molecule has 2 heterocycles. The molecule has 26 heavy (non-hydrogen) atoms. The Morgan fingerprint density at radius 2 is 1.96 bits per heavy atom. The van der Waals surface area contributed by atoms with E-state index in [4.69, 9.17) is 11.6 Å². The van der Waals surface area contributed by atoms with Gasteiger partial charge in [0.05, 0.1) is 12.0 Å². The Balaban J connectivity index is 1.52. The van der Waals surface area contributed by atoms with Crippen LogP contribution in [0.15, 0.2) is 24.3 Å². The van der Waals surface area contributed by atoms with Crippen LogP contribution in [0.25, 0.3) is 0 Å². The molecule has 0 spiro atoms. The maximum absolute atomic E-state index is 12.6. The Bertz CT molecular complexity index is 716. The molecule has 0 bridgehead atoms. The Morgan fingerprint density at radius 3 is 2.54 bits per heavy atom. The second kappa shape index (κ2) is 7.66. The number of halogens is 1. The monoisotopic (exact) mass is 377 g/mol. The van der Waals surface area contributed by atoms with Crippen LogP contribution in [0.2, 0.25) is 5.02 Å². The molecule has 2 aliphatic rings. The molecule has 1 atom stereocenters. The number of anilines is 1. The van der Waals surface area contributed by atoms with Crippen molar-refractivity contribution in [1.82, 2.24) is 10.2 Å². The average Bonchev–Trinajstić information content (AvgIpc) is 2.93. The Kier molecular flexibility index (Phi) is 5.51. The zero-order chi connectivity index (χ0) is 18.7. The summed E-state index contributed by atoms with van der Waals surface area (Å²) in [6.07, 6.45) is 1.10. The number of amides is 2. The van der Waals surface area contributed by atoms with E-state index in [1.807, 2.05) is 36.1 Å². The van der Waals surface area contributed by atoms with E-state index in [9.17, 15) is 14.4 Å². The van der Waals surface area contributed by atoms with Gasteiger partial charge < -0.3 is 15.1 Å². The van der Waals surface area contributed by atoms with E-state index in [0.717, 1.165) is 18.8 Å². The normalized spacial score (nSPS) is 23.3. The molecule has 2 fully saturated rings. The summed E-state index contributed by atoms with van der Waals surface area (Å²) >= 11 is 6.05. The molecule has 0 radical (unpaired) electrons. The molecule has 2 aliphatic heterocycles. The summed E-state index contributed by atoms with van der Waals surface area (Å²) < 4.78 is 0. The first kappa shape index (κ1) is 18.7. The standard InChI is InChI=1S/C19H24ClN3O3/c1-2-19(16(24)13-17(25)21-19)7-6-18(26)23-10-8-22(9-11-23)15-5-3-4-14(20)12-15/h3-5,12H,2,6-11,13H2,1H3,(H,21,25). The van der Waals surface area contributed by atoms with Crippen LogP contribution in [0.3, 0.4) is 0 Å². The predicted octanol–water partition coefficient (Wildman–Crippen LogP) is 2.01. The minimum Gasteiger partial charge on any atom is -0.368 e. The third-order valence-electron chi connectivity index (χ3n) is 5.41. The number of carbonyl (C=O) groups is 3. The molecule has 1 aromatic carbocycles. The molecule has 140 valence electrons. The van der Waals surface area contributed by atoms with Crippen molar-refractivity contribution in [3.05, 3.63) is 29.3 Å². The van der Waals surface area contributed by atoms with Gasteiger partial charge >= 0.3 is 0 Å². The topological polar surface area (TPSA) is 69.7 Å². The van der Waals surface area contributed by atoms with Crippen LogP contribution < -0.4 is 10.2 Å². The zero-order valence-electron chi connectivity index (χ0n) is 15.0. The number of hydrogen-bond acceptors (Lipinski definition) is 4. The summed E-state index contributed by atoms with van der Waals surface area (Å²) in [5.74, 6) is -0.291. The van der Waals surface area contributed by atoms with Crippen LogP contribution in [0.5, 0.6) is 0 Å². The first-order chi connectivity index (χ1) is 12.4. The van der Waals surface area contributed by atoms with Gasteiger partial charge in [-0.15, -0.1) is 0 Å². The van der Waals surface area contributed by atoms with Gasteiger partial charge in [-0.3, -0.25) is 14.4 Å². The van der Waals surface area contributed by atoms with Gasteiger partial charge in [-0.05, 0) is 31.0 Å². The van der Waals surface area contributed by atoms with Crippen molar-refractivity contribution in [2.45, 2.75) is 38.1 Å². The smallest absolute Gasteiger partial charge is 0.228 e. The van der Waals surface area contributed by atoms with Gasteiger partial charge in [0, 0.05) is 43.3 Å². The SMILES string of the molecule is CCC1(CCC(=O)N2CCN(c3cccc(Cl)c3)CC2)NC(=O)CC1=O. The van der Waals surface area contributed by atoms with Crippen LogP contribution in [0, 0.1) is 0 Å². The predicted molar refractivity (Wildman–Crippen MR) is 100 cm³/mol. The summed E-state index contributed by atoms with van der Waals surface area (Å²) in [4.78, 5) is 40.3. The Morgan fingerprint density at radius 1 is 1.23 bits per heavy atom. The lowest BCUT2D eigenvalue weighted by Crippen LogP contribution is -2.50. The number of Topliss-reactive ketones (excluding diaryl/α,β-unsaturated/α-hetero) is 1. The number of nitrogens with one attached hydrogen (secondary N) is 1. The minimum atomic E-state index is -0.852. The second-order valence-electron chi connectivity index (χ2n) is 6.93. The van der Waals surface area contributed by atoms with Crippen molar-refractivity contribution in [2.75, 3.05) is 31.1 Å². The van der Waals surface area contributed by atoms with Crippen molar-refractivity contribution in [3.63, 3.8) is 0 Å². The summed E-state index contributed by atoms with van der Waals surface area (Å²) in [5, 5.41) is 3.48. The average molecular weight is 378 g/mol. The fraction of sp³-hybridized carbons (Fsp3) is 0.526. The molecule has 1 N–H and O–H groups in total. The van der Waals surface area contributed by atoms with Crippen LogP contribution in [0.4, 0.5) is 5.69 Å². The minimum absolute atomic E-state index is 0.0394. The van der Waals surface area contributed by atoms with Gasteiger partial charge in [0.1, 0.15) is 0 Å². The quantitative estimate of drug-likeness (QED) is 0.797. The molecule has 6 nitrogen and oxygen atoms in total. The molecule has 0 saturated carbocycles. The molecule has 1 aromatic rings. The highest BCUT2D eigenvalue weighted by molar-refractivity contribution is 6.30. The zero-order valence-corrected chi connectivity index (χ0v) is 15.7. The molecule has 0 aromatic heterocycles. The lowest BCUT2D eigenvalue weighted by molar-refractivity contribution is -0.132. The number of ketones is 1. The number of rotatable bonds is 5. The molecule has 2 amide bonds. The lowest BCUT2D eigenvalue weighted by atomic mass is 9.87. The third kappa shape index (κ3) is 3.85. The van der Waals surface area contributed by atoms with Gasteiger partial charge in [-0.2, -0.15) is 0 Å². The van der Waals surface area contributed by atoms with Gasteiger partial charge in [0.2, 0.25) is 11.8 Å². The number of benzene rings is 1. The summed E-state index contributed by atoms with van der Waals surface area (Å²) in [6, 6.07) is 7.71. The van der Waals surface area contributed by atoms with E-state index < -0.39 is 5.54 Å². The Hall–Kier alpha value is -2.08. The van der Waals surface area contributed by atoms with Crippen molar-refractivity contribution in [1.29, 1.82) is 0 Å². The molecule has 3 rings (SSSR count). The number of nitrogens with zero attached hydrogens (tertiary/aromatic N) is 2. The fourth-order valence-electron chi connectivity index (χ4n) is 3.73. The van der Waals surface area contributed by atoms with Crippen LogP contribution >= 0.6 is 11.6 Å². The van der Waals surface area contributed by atoms with Crippen LogP contribution in [0.1, 0.15) is 32.6 Å². The molecular formula is C19H24ClN3O3. The van der Waals surface area contributed by atoms with E-state index in [1.165, 1.54) is 0 Å². The van der Waals surface area contributed by atoms with Crippen molar-refractivity contribution in [3.8, 4) is 0 Å². The van der Waals surface area contributed by atoms with Gasteiger partial charge in [0.25, 0.3) is 0 Å². The summed E-state index contributed by atoms with van der Waals surface area (Å²) in [7, 11) is 0. The number of piperazine rings is 1. The fourth-order valence-corrected chi connectivity index (χ4v) is 3.91. The highest BCUT2D eigenvalue weighted by Crippen LogP contribution is 2.26. The van der Waals surface area contributed by atoms with Crippen molar-refractivity contribution >= 4 is 34.9 Å². The molecule has 7 heteroatoms. The highest BCUT2D eigenvalue weighted by Gasteiger charge is 2.44. The lowest BCUT2D eigenvalue weighted by Gasteiger charge is -2.36. The van der Waals surface area contributed by atoms with Gasteiger partial charge in [0.15, 0.2) is 5.78 Å². The van der Waals surface area contributed by atoms with Crippen molar-refractivity contribution < 1.29 is 14.4 Å². The maximum Gasteiger partial charge on any atom is 0.228 e. The van der Waals surface area contributed by atoms with Crippen LogP contribution in [-0.4, -0.2) is 54.2 Å². The summed E-state index contributed by atoms with van der Waals surface area (Å²) in [6.45, 7) is 4.66. The summed E-state index contributed by atoms with van der Waals surface area (Å²) in [5.41, 5.74) is 0.212. The number of hydrogen-bond donors (Lipinski definition) is 1. The first-order valence-electron chi connectivity index (χ1n) is 9.06. The van der Waals surface area contributed by atoms with E-state index in [2.05, 4.69) is 10.2 Å². The molecular weight excluding hydrogens is 354 g/mol. The van der Waals surface area contributed by atoms with E-state index in [0.29, 0.717) is 31.0 Å². The molecule has 2 saturated heterocycles. The van der Waals surface area contributed by atoms with E-state index >= 15 is 0 Å². The van der Waals surface area contributed by atoms with Gasteiger partial charge in [-0.25, -0.2) is 0 Å². The number of carbonyl (C=O) groups excluding carboxylic acids is 3. The Labute approximate surface area is 158 Å². The van der Waals surface area contributed by atoms with Crippen LogP contribution in [-0.2, 0) is 14.4 Å². The molecule has 1 unspecified atom stereocenters. The van der Waals surface area contributed by atoms with E-state index in [1.54, 1.807) is 0 Å². The molecule has 0 aliphatic carbocycles. The maximum atomic E-state index is 12.6. The third-order valence-corrected chi connectivity index (χ3v) is 5.64.